The molecule has 2 unspecified atom stereocenters. The third-order valence-corrected chi connectivity index (χ3v) is 5.31. The molecule has 1 aromatic heterocycles. The molecular weight excluding hydrogens is 326 g/mol. The average molecular weight is 351 g/mol. The number of likely N-dealkylation sites (tertiary alicyclic amines) is 1. The van der Waals surface area contributed by atoms with Gasteiger partial charge in [0, 0.05) is 37.6 Å². The van der Waals surface area contributed by atoms with Crippen molar-refractivity contribution >= 4 is 5.91 Å². The monoisotopic (exact) mass is 351 g/mol. The molecule has 2 aliphatic rings. The number of hydrogen-bond acceptors (Lipinski definition) is 5. The number of benzene rings is 1. The zero-order valence-corrected chi connectivity index (χ0v) is 14.8. The first-order valence-electron chi connectivity index (χ1n) is 9.30. The predicted molar refractivity (Wildman–Crippen MR) is 100 cm³/mol. The maximum atomic E-state index is 12.3. The molecule has 3 heterocycles. The van der Waals surface area contributed by atoms with Crippen molar-refractivity contribution in [2.45, 2.75) is 37.5 Å². The smallest absolute Gasteiger partial charge is 0.253 e. The predicted octanol–water partition coefficient (Wildman–Crippen LogP) is 1.84. The highest BCUT2D eigenvalue weighted by atomic mass is 16.1. The van der Waals surface area contributed by atoms with Crippen LogP contribution in [-0.2, 0) is 0 Å². The Balaban J connectivity index is 1.26. The summed E-state index contributed by atoms with van der Waals surface area (Å²) in [6.45, 7) is 1.97. The number of nitrogens with zero attached hydrogens (tertiary/aromatic N) is 2. The number of hydrazine groups is 1. The van der Waals surface area contributed by atoms with Crippen LogP contribution >= 0.6 is 0 Å². The van der Waals surface area contributed by atoms with E-state index < -0.39 is 0 Å². The molecule has 0 saturated carbocycles. The third-order valence-electron chi connectivity index (χ3n) is 5.31. The summed E-state index contributed by atoms with van der Waals surface area (Å²) >= 11 is 0. The van der Waals surface area contributed by atoms with E-state index in [4.69, 9.17) is 0 Å². The van der Waals surface area contributed by atoms with Gasteiger partial charge in [-0.15, -0.1) is 0 Å². The molecule has 2 saturated heterocycles. The van der Waals surface area contributed by atoms with E-state index in [0.29, 0.717) is 17.8 Å². The molecule has 0 spiro atoms. The van der Waals surface area contributed by atoms with Gasteiger partial charge >= 0.3 is 0 Å². The van der Waals surface area contributed by atoms with E-state index in [-0.39, 0.29) is 11.9 Å². The quantitative estimate of drug-likeness (QED) is 0.784. The van der Waals surface area contributed by atoms with Gasteiger partial charge in [-0.25, -0.2) is 10.9 Å². The summed E-state index contributed by atoms with van der Waals surface area (Å²) in [5, 5.41) is 3.14. The fourth-order valence-corrected chi connectivity index (χ4v) is 3.80. The molecule has 6 nitrogen and oxygen atoms in total. The third kappa shape index (κ3) is 3.93. The minimum atomic E-state index is -0.0265. The van der Waals surface area contributed by atoms with Crippen LogP contribution in [0, 0.1) is 0 Å². The van der Waals surface area contributed by atoms with Gasteiger partial charge in [0.05, 0.1) is 11.7 Å². The molecule has 0 bridgehead atoms. The summed E-state index contributed by atoms with van der Waals surface area (Å²) in [5.74, 6) is -0.0265. The number of pyridine rings is 1. The Kier molecular flexibility index (Phi) is 5.24. The molecule has 26 heavy (non-hydrogen) atoms. The van der Waals surface area contributed by atoms with Crippen LogP contribution in [0.3, 0.4) is 0 Å². The van der Waals surface area contributed by atoms with Crippen LogP contribution in [0.2, 0.25) is 0 Å². The number of aromatic nitrogens is 1. The molecule has 0 aliphatic carbocycles. The summed E-state index contributed by atoms with van der Waals surface area (Å²) in [4.78, 5) is 18.7. The first-order valence-corrected chi connectivity index (χ1v) is 9.30. The largest absolute Gasteiger partial charge is 0.349 e. The standard InChI is InChI=1S/C20H25N5O/c26-20(16-7-4-10-21-14-16)22-17-8-11-25(12-9-17)19-13-18(23-24-19)15-5-2-1-3-6-15/h1-7,10,14,17-19,23-24H,8-9,11-13H2,(H,22,26). The lowest BCUT2D eigenvalue weighted by molar-refractivity contribution is 0.0879. The van der Waals surface area contributed by atoms with E-state index in [9.17, 15) is 4.79 Å². The molecule has 2 aliphatic heterocycles. The lowest BCUT2D eigenvalue weighted by Gasteiger charge is -2.35. The van der Waals surface area contributed by atoms with Gasteiger partial charge in [0.15, 0.2) is 0 Å². The highest BCUT2D eigenvalue weighted by molar-refractivity contribution is 5.94. The van der Waals surface area contributed by atoms with Gasteiger partial charge in [-0.2, -0.15) is 0 Å². The van der Waals surface area contributed by atoms with Gasteiger partial charge in [0.2, 0.25) is 0 Å². The number of rotatable bonds is 4. The highest BCUT2D eigenvalue weighted by Gasteiger charge is 2.32. The summed E-state index contributed by atoms with van der Waals surface area (Å²) in [6, 6.07) is 14.7. The minimum absolute atomic E-state index is 0.0265. The number of piperidine rings is 1. The molecule has 2 aromatic rings. The van der Waals surface area contributed by atoms with Crippen molar-refractivity contribution in [2.24, 2.45) is 0 Å². The van der Waals surface area contributed by atoms with Crippen LogP contribution in [0.5, 0.6) is 0 Å². The molecule has 1 amide bonds. The Bertz CT molecular complexity index is 715. The van der Waals surface area contributed by atoms with Crippen molar-refractivity contribution in [1.29, 1.82) is 0 Å². The molecule has 6 heteroatoms. The molecule has 4 rings (SSSR count). The number of hydrogen-bond donors (Lipinski definition) is 3. The molecular formula is C20H25N5O. The number of carbonyl (C=O) groups excluding carboxylic acids is 1. The Labute approximate surface area is 154 Å². The normalized spacial score (nSPS) is 24.5. The maximum Gasteiger partial charge on any atom is 0.253 e. The van der Waals surface area contributed by atoms with Crippen LogP contribution in [0.1, 0.15) is 41.2 Å². The van der Waals surface area contributed by atoms with Crippen LogP contribution in [0.15, 0.2) is 54.9 Å². The Morgan fingerprint density at radius 3 is 2.62 bits per heavy atom. The van der Waals surface area contributed by atoms with E-state index in [2.05, 4.69) is 50.3 Å². The second kappa shape index (κ2) is 7.95. The maximum absolute atomic E-state index is 12.3. The van der Waals surface area contributed by atoms with Crippen LogP contribution in [-0.4, -0.2) is 41.1 Å². The number of amides is 1. The highest BCUT2D eigenvalue weighted by Crippen LogP contribution is 2.25. The van der Waals surface area contributed by atoms with E-state index >= 15 is 0 Å². The van der Waals surface area contributed by atoms with Gasteiger partial charge < -0.3 is 5.32 Å². The van der Waals surface area contributed by atoms with Crippen molar-refractivity contribution in [1.82, 2.24) is 26.1 Å². The SMILES string of the molecule is O=C(NC1CCN(C2CC(c3ccccc3)NN2)CC1)c1cccnc1. The molecule has 1 aromatic carbocycles. The van der Waals surface area contributed by atoms with E-state index in [1.165, 1.54) is 5.56 Å². The van der Waals surface area contributed by atoms with Crippen molar-refractivity contribution in [2.75, 3.05) is 13.1 Å². The second-order valence-corrected chi connectivity index (χ2v) is 7.03. The van der Waals surface area contributed by atoms with Crippen molar-refractivity contribution in [3.8, 4) is 0 Å². The van der Waals surface area contributed by atoms with Crippen LogP contribution in [0.25, 0.3) is 0 Å². The number of nitrogens with one attached hydrogen (secondary N) is 3. The lowest BCUT2D eigenvalue weighted by atomic mass is 10.0. The Morgan fingerprint density at radius 1 is 1.08 bits per heavy atom. The minimum Gasteiger partial charge on any atom is -0.349 e. The molecule has 2 fully saturated rings. The average Bonchev–Trinajstić information content (AvgIpc) is 3.20. The molecule has 0 radical (unpaired) electrons. The van der Waals surface area contributed by atoms with E-state index in [0.717, 1.165) is 32.4 Å². The van der Waals surface area contributed by atoms with Gasteiger partial charge in [-0.05, 0) is 37.0 Å². The van der Waals surface area contributed by atoms with Crippen LogP contribution < -0.4 is 16.2 Å². The van der Waals surface area contributed by atoms with Gasteiger partial charge in [0.1, 0.15) is 0 Å². The first-order chi connectivity index (χ1) is 12.8. The van der Waals surface area contributed by atoms with Gasteiger partial charge in [-0.1, -0.05) is 30.3 Å². The summed E-state index contributed by atoms with van der Waals surface area (Å²) < 4.78 is 0. The Morgan fingerprint density at radius 2 is 1.88 bits per heavy atom. The Hall–Kier alpha value is -2.28. The summed E-state index contributed by atoms with van der Waals surface area (Å²) in [5.41, 5.74) is 8.80. The fraction of sp³-hybridized carbons (Fsp3) is 0.400. The molecule has 136 valence electrons. The topological polar surface area (TPSA) is 69.3 Å². The second-order valence-electron chi connectivity index (χ2n) is 7.03. The van der Waals surface area contributed by atoms with E-state index in [1.54, 1.807) is 24.5 Å². The number of carbonyl (C=O) groups is 1. The van der Waals surface area contributed by atoms with Crippen LogP contribution in [0.4, 0.5) is 0 Å². The first kappa shape index (κ1) is 17.1. The molecule has 3 N–H and O–H groups in total. The summed E-state index contributed by atoms with van der Waals surface area (Å²) in [7, 11) is 0. The molecule has 2 atom stereocenters. The zero-order chi connectivity index (χ0) is 17.8. The van der Waals surface area contributed by atoms with Gasteiger partial charge in [-0.3, -0.25) is 14.7 Å². The van der Waals surface area contributed by atoms with Crippen molar-refractivity contribution < 1.29 is 4.79 Å². The van der Waals surface area contributed by atoms with E-state index in [1.807, 2.05) is 6.07 Å². The van der Waals surface area contributed by atoms with Crippen molar-refractivity contribution in [3.63, 3.8) is 0 Å². The van der Waals surface area contributed by atoms with Crippen molar-refractivity contribution in [3.05, 3.63) is 66.0 Å². The fourth-order valence-electron chi connectivity index (χ4n) is 3.80. The zero-order valence-electron chi connectivity index (χ0n) is 14.8. The van der Waals surface area contributed by atoms with Gasteiger partial charge in [0.25, 0.3) is 5.91 Å². The summed E-state index contributed by atoms with van der Waals surface area (Å²) in [6.07, 6.45) is 6.63. The lowest BCUT2D eigenvalue weighted by Crippen LogP contribution is -2.51.